The van der Waals surface area contributed by atoms with Gasteiger partial charge in [-0.1, -0.05) is 43.3 Å². The zero-order valence-corrected chi connectivity index (χ0v) is 9.55. The highest BCUT2D eigenvalue weighted by molar-refractivity contribution is 5.91. The highest BCUT2D eigenvalue weighted by atomic mass is 16.4. The fourth-order valence-electron chi connectivity index (χ4n) is 2.08. The van der Waals surface area contributed by atoms with Crippen molar-refractivity contribution < 1.29 is 15.0 Å². The number of phenolic OH excluding ortho intramolecular Hbond substituents is 1. The summed E-state index contributed by atoms with van der Waals surface area (Å²) < 4.78 is 0. The number of carbonyl (C=O) groups is 1. The Bertz CT molecular complexity index is 560. The molecule has 17 heavy (non-hydrogen) atoms. The number of carboxylic acids is 1. The lowest BCUT2D eigenvalue weighted by Gasteiger charge is -2.13. The molecule has 0 saturated heterocycles. The molecule has 2 rings (SSSR count). The van der Waals surface area contributed by atoms with Crippen LogP contribution in [-0.4, -0.2) is 16.2 Å². The lowest BCUT2D eigenvalue weighted by molar-refractivity contribution is -0.138. The minimum Gasteiger partial charge on any atom is -0.507 e. The van der Waals surface area contributed by atoms with Crippen LogP contribution >= 0.6 is 0 Å². The Morgan fingerprint density at radius 2 is 1.94 bits per heavy atom. The summed E-state index contributed by atoms with van der Waals surface area (Å²) in [4.78, 5) is 11.1. The predicted octanol–water partition coefficient (Wildman–Crippen LogP) is 3.12. The van der Waals surface area contributed by atoms with Crippen LogP contribution in [0.4, 0.5) is 0 Å². The molecule has 2 aromatic rings. The van der Waals surface area contributed by atoms with Crippen LogP contribution in [-0.2, 0) is 4.79 Å². The third kappa shape index (κ3) is 1.96. The normalized spacial score (nSPS) is 12.5. The molecule has 0 fully saturated rings. The van der Waals surface area contributed by atoms with E-state index in [9.17, 15) is 9.90 Å². The molecule has 2 aromatic carbocycles. The van der Waals surface area contributed by atoms with Crippen molar-refractivity contribution in [1.29, 1.82) is 0 Å². The molecule has 0 aliphatic carbocycles. The van der Waals surface area contributed by atoms with Gasteiger partial charge in [0.2, 0.25) is 0 Å². The van der Waals surface area contributed by atoms with Gasteiger partial charge in [-0.2, -0.15) is 0 Å². The standard InChI is InChI=1S/C14H14O3/c1-2-10(14(16)17)12-8-7-9-5-3-4-6-11(9)13(12)15/h3-8,10,15H,2H2,1H3,(H,16,17). The molecular weight excluding hydrogens is 216 g/mol. The van der Waals surface area contributed by atoms with Crippen LogP contribution in [0.5, 0.6) is 5.75 Å². The second-order valence-electron chi connectivity index (χ2n) is 4.02. The van der Waals surface area contributed by atoms with Crippen LogP contribution in [0.3, 0.4) is 0 Å². The Hall–Kier alpha value is -2.03. The van der Waals surface area contributed by atoms with E-state index in [2.05, 4.69) is 0 Å². The molecule has 0 aromatic heterocycles. The zero-order chi connectivity index (χ0) is 12.4. The molecule has 88 valence electrons. The van der Waals surface area contributed by atoms with Crippen LogP contribution < -0.4 is 0 Å². The molecule has 0 aliphatic heterocycles. The van der Waals surface area contributed by atoms with Crippen molar-refractivity contribution >= 4 is 16.7 Å². The average Bonchev–Trinajstić information content (AvgIpc) is 2.33. The molecule has 0 heterocycles. The SMILES string of the molecule is CCC(C(=O)O)c1ccc2ccccc2c1O. The van der Waals surface area contributed by atoms with Gasteiger partial charge in [0.25, 0.3) is 0 Å². The van der Waals surface area contributed by atoms with Crippen LogP contribution in [0.2, 0.25) is 0 Å². The van der Waals surface area contributed by atoms with Gasteiger partial charge in [0.15, 0.2) is 0 Å². The molecule has 0 radical (unpaired) electrons. The van der Waals surface area contributed by atoms with Gasteiger partial charge in [0.1, 0.15) is 5.75 Å². The largest absolute Gasteiger partial charge is 0.507 e. The maximum atomic E-state index is 11.1. The van der Waals surface area contributed by atoms with Crippen molar-refractivity contribution in [3.05, 3.63) is 42.0 Å². The number of fused-ring (bicyclic) bond motifs is 1. The Balaban J connectivity index is 2.63. The van der Waals surface area contributed by atoms with E-state index in [1.807, 2.05) is 24.3 Å². The lowest BCUT2D eigenvalue weighted by Crippen LogP contribution is -2.10. The van der Waals surface area contributed by atoms with E-state index in [0.29, 0.717) is 17.4 Å². The molecule has 0 saturated carbocycles. The zero-order valence-electron chi connectivity index (χ0n) is 9.55. The maximum absolute atomic E-state index is 11.1. The minimum atomic E-state index is -0.905. The second-order valence-corrected chi connectivity index (χ2v) is 4.02. The molecule has 0 bridgehead atoms. The molecule has 1 unspecified atom stereocenters. The Kier molecular flexibility index (Phi) is 3.00. The van der Waals surface area contributed by atoms with Crippen molar-refractivity contribution in [3.63, 3.8) is 0 Å². The van der Waals surface area contributed by atoms with Crippen LogP contribution in [0.25, 0.3) is 10.8 Å². The third-order valence-electron chi connectivity index (χ3n) is 3.01. The van der Waals surface area contributed by atoms with E-state index >= 15 is 0 Å². The number of aliphatic carboxylic acids is 1. The van der Waals surface area contributed by atoms with Gasteiger partial charge in [0, 0.05) is 10.9 Å². The van der Waals surface area contributed by atoms with Gasteiger partial charge in [-0.25, -0.2) is 0 Å². The molecule has 0 amide bonds. The summed E-state index contributed by atoms with van der Waals surface area (Å²) in [5.74, 6) is -1.48. The summed E-state index contributed by atoms with van der Waals surface area (Å²) in [5.41, 5.74) is 0.485. The van der Waals surface area contributed by atoms with Gasteiger partial charge in [0.05, 0.1) is 5.92 Å². The quantitative estimate of drug-likeness (QED) is 0.851. The molecule has 2 N–H and O–H groups in total. The first kappa shape index (κ1) is 11.5. The average molecular weight is 230 g/mol. The Labute approximate surface area is 99.3 Å². The number of benzene rings is 2. The second kappa shape index (κ2) is 4.45. The summed E-state index contributed by atoms with van der Waals surface area (Å²) in [5, 5.41) is 20.9. The Morgan fingerprint density at radius 1 is 1.24 bits per heavy atom. The molecular formula is C14H14O3. The Morgan fingerprint density at radius 3 is 2.59 bits per heavy atom. The van der Waals surface area contributed by atoms with Crippen LogP contribution in [0.1, 0.15) is 24.8 Å². The number of hydrogen-bond donors (Lipinski definition) is 2. The summed E-state index contributed by atoms with van der Waals surface area (Å²) in [6.45, 7) is 1.80. The highest BCUT2D eigenvalue weighted by Crippen LogP contribution is 2.34. The number of phenols is 1. The summed E-state index contributed by atoms with van der Waals surface area (Å²) in [7, 11) is 0. The van der Waals surface area contributed by atoms with Gasteiger partial charge >= 0.3 is 5.97 Å². The molecule has 3 nitrogen and oxygen atoms in total. The summed E-state index contributed by atoms with van der Waals surface area (Å²) in [6.07, 6.45) is 0.460. The fourth-order valence-corrected chi connectivity index (χ4v) is 2.08. The lowest BCUT2D eigenvalue weighted by atomic mass is 9.93. The predicted molar refractivity (Wildman–Crippen MR) is 66.3 cm³/mol. The number of hydrogen-bond acceptors (Lipinski definition) is 2. The first-order valence-electron chi connectivity index (χ1n) is 5.58. The molecule has 0 aliphatic rings. The third-order valence-corrected chi connectivity index (χ3v) is 3.01. The van der Waals surface area contributed by atoms with E-state index in [1.54, 1.807) is 19.1 Å². The van der Waals surface area contributed by atoms with E-state index < -0.39 is 11.9 Å². The monoisotopic (exact) mass is 230 g/mol. The number of carboxylic acid groups (broad SMARTS) is 1. The smallest absolute Gasteiger partial charge is 0.311 e. The van der Waals surface area contributed by atoms with Crippen LogP contribution in [0, 0.1) is 0 Å². The number of rotatable bonds is 3. The fraction of sp³-hybridized carbons (Fsp3) is 0.214. The summed E-state index contributed by atoms with van der Waals surface area (Å²) >= 11 is 0. The van der Waals surface area contributed by atoms with E-state index in [-0.39, 0.29) is 5.75 Å². The van der Waals surface area contributed by atoms with Crippen molar-refractivity contribution in [2.75, 3.05) is 0 Å². The van der Waals surface area contributed by atoms with Gasteiger partial charge in [-0.15, -0.1) is 0 Å². The van der Waals surface area contributed by atoms with Crippen molar-refractivity contribution in [1.82, 2.24) is 0 Å². The maximum Gasteiger partial charge on any atom is 0.311 e. The number of aromatic hydroxyl groups is 1. The molecule has 3 heteroatoms. The molecule has 1 atom stereocenters. The van der Waals surface area contributed by atoms with Gasteiger partial charge in [-0.3, -0.25) is 4.79 Å². The van der Waals surface area contributed by atoms with E-state index in [1.165, 1.54) is 0 Å². The van der Waals surface area contributed by atoms with E-state index in [0.717, 1.165) is 5.39 Å². The van der Waals surface area contributed by atoms with E-state index in [4.69, 9.17) is 5.11 Å². The highest BCUT2D eigenvalue weighted by Gasteiger charge is 2.21. The van der Waals surface area contributed by atoms with Gasteiger partial charge < -0.3 is 10.2 Å². The molecule has 0 spiro atoms. The van der Waals surface area contributed by atoms with Crippen LogP contribution in [0.15, 0.2) is 36.4 Å². The summed E-state index contributed by atoms with van der Waals surface area (Å²) in [6, 6.07) is 10.9. The van der Waals surface area contributed by atoms with Gasteiger partial charge in [-0.05, 0) is 11.8 Å². The van der Waals surface area contributed by atoms with Crippen molar-refractivity contribution in [2.24, 2.45) is 0 Å². The van der Waals surface area contributed by atoms with Crippen molar-refractivity contribution in [3.8, 4) is 5.75 Å². The minimum absolute atomic E-state index is 0.0809. The first-order chi connectivity index (χ1) is 8.15. The first-order valence-corrected chi connectivity index (χ1v) is 5.58. The van der Waals surface area contributed by atoms with Crippen molar-refractivity contribution in [2.45, 2.75) is 19.3 Å². The topological polar surface area (TPSA) is 57.5 Å².